The van der Waals surface area contributed by atoms with Gasteiger partial charge in [-0.3, -0.25) is 4.79 Å². The average molecular weight is 490 g/mol. The number of benzene rings is 3. The quantitative estimate of drug-likeness (QED) is 0.492. The SMILES string of the molecule is COc1ccc(OC)c(C(=O)N2CCOc3c(cc(-c4ccccc4C)cc3OC3CCOC3)C2)c1. The molecule has 5 rings (SSSR count). The zero-order valence-corrected chi connectivity index (χ0v) is 20.9. The van der Waals surface area contributed by atoms with Gasteiger partial charge in [-0.05, 0) is 53.9 Å². The minimum Gasteiger partial charge on any atom is -0.497 e. The van der Waals surface area contributed by atoms with E-state index in [1.54, 1.807) is 37.3 Å². The lowest BCUT2D eigenvalue weighted by atomic mass is 9.97. The zero-order chi connectivity index (χ0) is 25.1. The Morgan fingerprint density at radius 2 is 1.86 bits per heavy atom. The Hall–Kier alpha value is -3.71. The Labute approximate surface area is 211 Å². The second-order valence-electron chi connectivity index (χ2n) is 9.02. The molecule has 0 spiro atoms. The molecule has 7 nitrogen and oxygen atoms in total. The van der Waals surface area contributed by atoms with Crippen LogP contribution in [-0.4, -0.2) is 57.5 Å². The van der Waals surface area contributed by atoms with E-state index in [1.165, 1.54) is 0 Å². The summed E-state index contributed by atoms with van der Waals surface area (Å²) in [7, 11) is 3.14. The number of hydrogen-bond acceptors (Lipinski definition) is 6. The van der Waals surface area contributed by atoms with E-state index in [1.807, 2.05) is 18.2 Å². The third-order valence-corrected chi connectivity index (χ3v) is 6.66. The predicted molar refractivity (Wildman–Crippen MR) is 136 cm³/mol. The van der Waals surface area contributed by atoms with Crippen LogP contribution in [0, 0.1) is 6.92 Å². The van der Waals surface area contributed by atoms with E-state index in [2.05, 4.69) is 25.1 Å². The van der Waals surface area contributed by atoms with Crippen LogP contribution in [0.3, 0.4) is 0 Å². The summed E-state index contributed by atoms with van der Waals surface area (Å²) in [5, 5.41) is 0. The smallest absolute Gasteiger partial charge is 0.258 e. The molecule has 1 atom stereocenters. The van der Waals surface area contributed by atoms with Gasteiger partial charge in [-0.1, -0.05) is 24.3 Å². The van der Waals surface area contributed by atoms with Crippen molar-refractivity contribution in [3.8, 4) is 34.1 Å². The van der Waals surface area contributed by atoms with Gasteiger partial charge in [0, 0.05) is 18.5 Å². The molecule has 1 fully saturated rings. The molecule has 0 bridgehead atoms. The fourth-order valence-corrected chi connectivity index (χ4v) is 4.73. The number of carbonyl (C=O) groups excluding carboxylic acids is 1. The first-order valence-corrected chi connectivity index (χ1v) is 12.2. The molecule has 2 heterocycles. The lowest BCUT2D eigenvalue weighted by molar-refractivity contribution is 0.0729. The molecule has 2 aliphatic rings. The Morgan fingerprint density at radius 1 is 1.00 bits per heavy atom. The highest BCUT2D eigenvalue weighted by molar-refractivity contribution is 5.97. The molecule has 36 heavy (non-hydrogen) atoms. The van der Waals surface area contributed by atoms with Gasteiger partial charge in [0.15, 0.2) is 11.5 Å². The van der Waals surface area contributed by atoms with Gasteiger partial charge in [0.1, 0.15) is 24.2 Å². The maximum atomic E-state index is 13.7. The second kappa shape index (κ2) is 10.5. The van der Waals surface area contributed by atoms with Crippen molar-refractivity contribution < 1.29 is 28.5 Å². The van der Waals surface area contributed by atoms with Crippen molar-refractivity contribution in [1.82, 2.24) is 4.90 Å². The molecule has 0 N–H and O–H groups in total. The first kappa shape index (κ1) is 24.0. The van der Waals surface area contributed by atoms with E-state index >= 15 is 0 Å². The molecule has 3 aromatic rings. The summed E-state index contributed by atoms with van der Waals surface area (Å²) in [6, 6.07) is 17.6. The first-order valence-electron chi connectivity index (χ1n) is 12.2. The van der Waals surface area contributed by atoms with Gasteiger partial charge in [0.25, 0.3) is 5.91 Å². The maximum Gasteiger partial charge on any atom is 0.258 e. The highest BCUT2D eigenvalue weighted by Crippen LogP contribution is 2.40. The van der Waals surface area contributed by atoms with Crippen LogP contribution >= 0.6 is 0 Å². The number of aryl methyl sites for hydroxylation is 1. The van der Waals surface area contributed by atoms with Crippen molar-refractivity contribution in [1.29, 1.82) is 0 Å². The monoisotopic (exact) mass is 489 g/mol. The minimum atomic E-state index is -0.143. The first-order chi connectivity index (χ1) is 17.6. The molecule has 1 saturated heterocycles. The summed E-state index contributed by atoms with van der Waals surface area (Å²) in [5.74, 6) is 2.34. The molecule has 1 unspecified atom stereocenters. The van der Waals surface area contributed by atoms with Gasteiger partial charge >= 0.3 is 0 Å². The van der Waals surface area contributed by atoms with E-state index in [4.69, 9.17) is 23.7 Å². The van der Waals surface area contributed by atoms with Crippen LogP contribution in [0.4, 0.5) is 0 Å². The van der Waals surface area contributed by atoms with Gasteiger partial charge in [-0.25, -0.2) is 0 Å². The second-order valence-corrected chi connectivity index (χ2v) is 9.02. The molecule has 3 aromatic carbocycles. The Bertz CT molecular complexity index is 1250. The standard InChI is InChI=1S/C29H31NO6/c1-19-6-4-5-7-24(19)20-14-21-17-30(29(31)25-16-22(32-2)8-9-26(25)33-3)11-13-35-28(21)27(15-20)36-23-10-12-34-18-23/h4-9,14-16,23H,10-13,17-18H2,1-3H3. The normalized spacial score (nSPS) is 17.1. The van der Waals surface area contributed by atoms with Gasteiger partial charge in [0.05, 0.1) is 39.5 Å². The van der Waals surface area contributed by atoms with Crippen LogP contribution < -0.4 is 18.9 Å². The summed E-state index contributed by atoms with van der Waals surface area (Å²) in [6.07, 6.45) is 0.815. The third-order valence-electron chi connectivity index (χ3n) is 6.66. The number of hydrogen-bond donors (Lipinski definition) is 0. The Morgan fingerprint density at radius 3 is 2.61 bits per heavy atom. The Kier molecular flexibility index (Phi) is 7.00. The molecule has 188 valence electrons. The number of rotatable bonds is 6. The fraction of sp³-hybridized carbons (Fsp3) is 0.345. The molecular weight excluding hydrogens is 458 g/mol. The van der Waals surface area contributed by atoms with Crippen LogP contribution in [0.25, 0.3) is 11.1 Å². The molecule has 0 radical (unpaired) electrons. The van der Waals surface area contributed by atoms with Crippen LogP contribution in [-0.2, 0) is 11.3 Å². The fourth-order valence-electron chi connectivity index (χ4n) is 4.73. The molecule has 7 heteroatoms. The molecular formula is C29H31NO6. The van der Waals surface area contributed by atoms with Gasteiger partial charge < -0.3 is 28.6 Å². The van der Waals surface area contributed by atoms with Crippen molar-refractivity contribution in [2.24, 2.45) is 0 Å². The van der Waals surface area contributed by atoms with Crippen LogP contribution in [0.15, 0.2) is 54.6 Å². The van der Waals surface area contributed by atoms with Crippen molar-refractivity contribution in [3.63, 3.8) is 0 Å². The van der Waals surface area contributed by atoms with E-state index < -0.39 is 0 Å². The number of amides is 1. The van der Waals surface area contributed by atoms with Crippen LogP contribution in [0.5, 0.6) is 23.0 Å². The number of fused-ring (bicyclic) bond motifs is 1. The lowest BCUT2D eigenvalue weighted by Gasteiger charge is -2.22. The highest BCUT2D eigenvalue weighted by Gasteiger charge is 2.28. The van der Waals surface area contributed by atoms with Gasteiger partial charge in [-0.15, -0.1) is 0 Å². The van der Waals surface area contributed by atoms with Crippen molar-refractivity contribution in [2.75, 3.05) is 40.6 Å². The molecule has 0 aliphatic carbocycles. The van der Waals surface area contributed by atoms with Crippen molar-refractivity contribution in [3.05, 3.63) is 71.3 Å². The average Bonchev–Trinajstić information content (AvgIpc) is 3.32. The minimum absolute atomic E-state index is 0.0214. The van der Waals surface area contributed by atoms with Crippen molar-refractivity contribution in [2.45, 2.75) is 26.0 Å². The van der Waals surface area contributed by atoms with E-state index in [0.717, 1.165) is 28.7 Å². The largest absolute Gasteiger partial charge is 0.497 e. The summed E-state index contributed by atoms with van der Waals surface area (Å²) in [5.41, 5.74) is 4.66. The molecule has 1 amide bonds. The van der Waals surface area contributed by atoms with E-state index in [0.29, 0.717) is 61.5 Å². The van der Waals surface area contributed by atoms with Gasteiger partial charge in [0.2, 0.25) is 0 Å². The van der Waals surface area contributed by atoms with E-state index in [-0.39, 0.29) is 12.0 Å². The number of ether oxygens (including phenoxy) is 5. The summed E-state index contributed by atoms with van der Waals surface area (Å²) in [6.45, 7) is 4.50. The number of nitrogens with zero attached hydrogens (tertiary/aromatic N) is 1. The van der Waals surface area contributed by atoms with Gasteiger partial charge in [-0.2, -0.15) is 0 Å². The maximum absolute atomic E-state index is 13.7. The lowest BCUT2D eigenvalue weighted by Crippen LogP contribution is -2.32. The van der Waals surface area contributed by atoms with Crippen LogP contribution in [0.2, 0.25) is 0 Å². The van der Waals surface area contributed by atoms with Crippen molar-refractivity contribution >= 4 is 5.91 Å². The third kappa shape index (κ3) is 4.84. The Balaban J connectivity index is 1.54. The molecule has 2 aliphatic heterocycles. The predicted octanol–water partition coefficient (Wildman–Crippen LogP) is 4.88. The van der Waals surface area contributed by atoms with Crippen LogP contribution in [0.1, 0.15) is 27.9 Å². The number of carbonyl (C=O) groups is 1. The molecule has 0 aromatic heterocycles. The zero-order valence-electron chi connectivity index (χ0n) is 20.9. The summed E-state index contributed by atoms with van der Waals surface area (Å²) in [4.78, 5) is 15.5. The number of methoxy groups -OCH3 is 2. The summed E-state index contributed by atoms with van der Waals surface area (Å²) < 4.78 is 29.0. The van der Waals surface area contributed by atoms with E-state index in [9.17, 15) is 4.79 Å². The highest BCUT2D eigenvalue weighted by atomic mass is 16.6. The summed E-state index contributed by atoms with van der Waals surface area (Å²) >= 11 is 0. The topological polar surface area (TPSA) is 66.5 Å². The molecule has 0 saturated carbocycles.